The summed E-state index contributed by atoms with van der Waals surface area (Å²) >= 11 is 0. The molecule has 26 heavy (non-hydrogen) atoms. The number of hydrogen-bond acceptors (Lipinski definition) is 5. The molecule has 0 saturated carbocycles. The third kappa shape index (κ3) is 2.13. The number of anilines is 1. The van der Waals surface area contributed by atoms with Crippen LogP contribution >= 0.6 is 0 Å². The van der Waals surface area contributed by atoms with Crippen LogP contribution in [0, 0.1) is 26.6 Å². The standard InChI is InChI=1S/C19H18FN5O/c1-9-5-6-14(26-4)10(2)16(9)25-18-12(7-13(20)11(3)24-18)15-17(21)22-8-23-19(15)25/h5-8H,1-4H3,(H2,21,22,23). The van der Waals surface area contributed by atoms with E-state index in [9.17, 15) is 4.39 Å². The number of rotatable bonds is 2. The monoisotopic (exact) mass is 351 g/mol. The predicted molar refractivity (Wildman–Crippen MR) is 99.3 cm³/mol. The van der Waals surface area contributed by atoms with Crippen molar-refractivity contribution in [3.05, 3.63) is 47.2 Å². The topological polar surface area (TPSA) is 78.9 Å². The fourth-order valence-corrected chi connectivity index (χ4v) is 3.43. The first-order valence-corrected chi connectivity index (χ1v) is 8.16. The van der Waals surface area contributed by atoms with Crippen LogP contribution in [-0.2, 0) is 0 Å². The number of fused-ring (bicyclic) bond motifs is 3. The van der Waals surface area contributed by atoms with Crippen LogP contribution in [0.3, 0.4) is 0 Å². The second kappa shape index (κ2) is 5.66. The van der Waals surface area contributed by atoms with Gasteiger partial charge in [-0.25, -0.2) is 19.3 Å². The zero-order valence-electron chi connectivity index (χ0n) is 15.0. The zero-order valence-corrected chi connectivity index (χ0v) is 15.0. The molecule has 0 fully saturated rings. The van der Waals surface area contributed by atoms with Crippen molar-refractivity contribution < 1.29 is 9.13 Å². The normalized spacial score (nSPS) is 11.4. The number of methoxy groups -OCH3 is 1. The molecule has 132 valence electrons. The molecule has 0 atom stereocenters. The van der Waals surface area contributed by atoms with Crippen molar-refractivity contribution in [2.24, 2.45) is 0 Å². The van der Waals surface area contributed by atoms with Gasteiger partial charge in [-0.2, -0.15) is 0 Å². The maximum Gasteiger partial charge on any atom is 0.152 e. The molecule has 1 aromatic carbocycles. The summed E-state index contributed by atoms with van der Waals surface area (Å²) < 4.78 is 21.6. The zero-order chi connectivity index (χ0) is 18.6. The van der Waals surface area contributed by atoms with E-state index < -0.39 is 0 Å². The van der Waals surface area contributed by atoms with Crippen LogP contribution in [-0.4, -0.2) is 26.6 Å². The Labute approximate surface area is 149 Å². The van der Waals surface area contributed by atoms with E-state index in [2.05, 4.69) is 15.0 Å². The molecular weight excluding hydrogens is 333 g/mol. The van der Waals surface area contributed by atoms with E-state index in [1.165, 1.54) is 12.4 Å². The van der Waals surface area contributed by atoms with Gasteiger partial charge >= 0.3 is 0 Å². The Hall–Kier alpha value is -3.22. The van der Waals surface area contributed by atoms with Crippen molar-refractivity contribution in [2.45, 2.75) is 20.8 Å². The van der Waals surface area contributed by atoms with E-state index in [4.69, 9.17) is 10.5 Å². The third-order valence-corrected chi connectivity index (χ3v) is 4.71. The highest BCUT2D eigenvalue weighted by Gasteiger charge is 2.22. The molecule has 3 heterocycles. The minimum atomic E-state index is -0.390. The summed E-state index contributed by atoms with van der Waals surface area (Å²) in [6, 6.07) is 5.34. The molecule has 4 rings (SSSR count). The number of nitrogens with two attached hydrogens (primary N) is 1. The molecule has 2 N–H and O–H groups in total. The molecule has 0 radical (unpaired) electrons. The summed E-state index contributed by atoms with van der Waals surface area (Å²) in [4.78, 5) is 13.0. The number of nitrogen functional groups attached to an aromatic ring is 1. The van der Waals surface area contributed by atoms with Gasteiger partial charge in [-0.05, 0) is 38.5 Å². The Balaban J connectivity index is 2.27. The second-order valence-electron chi connectivity index (χ2n) is 6.28. The summed E-state index contributed by atoms with van der Waals surface area (Å²) in [6.45, 7) is 5.61. The average Bonchev–Trinajstić information content (AvgIpc) is 2.91. The summed E-state index contributed by atoms with van der Waals surface area (Å²) in [5, 5.41) is 1.18. The van der Waals surface area contributed by atoms with Crippen LogP contribution in [0.5, 0.6) is 5.75 Å². The van der Waals surface area contributed by atoms with Crippen LogP contribution in [0.4, 0.5) is 10.2 Å². The number of ether oxygens (including phenoxy) is 1. The minimum absolute atomic E-state index is 0.294. The first-order chi connectivity index (χ1) is 12.4. The maximum atomic E-state index is 14.2. The fourth-order valence-electron chi connectivity index (χ4n) is 3.43. The largest absolute Gasteiger partial charge is 0.496 e. The van der Waals surface area contributed by atoms with Gasteiger partial charge in [0.05, 0.1) is 23.9 Å². The molecule has 0 unspecified atom stereocenters. The SMILES string of the molecule is COc1ccc(C)c(-n2c3nc(C)c(F)cc3c3c(N)ncnc32)c1C. The van der Waals surface area contributed by atoms with Crippen LogP contribution in [0.15, 0.2) is 24.5 Å². The van der Waals surface area contributed by atoms with Crippen LogP contribution < -0.4 is 10.5 Å². The van der Waals surface area contributed by atoms with Crippen molar-refractivity contribution in [3.8, 4) is 11.4 Å². The van der Waals surface area contributed by atoms with Crippen molar-refractivity contribution >= 4 is 27.9 Å². The smallest absolute Gasteiger partial charge is 0.152 e. The molecule has 6 nitrogen and oxygen atoms in total. The van der Waals surface area contributed by atoms with Gasteiger partial charge in [0.1, 0.15) is 29.4 Å². The van der Waals surface area contributed by atoms with Crippen molar-refractivity contribution in [1.82, 2.24) is 19.5 Å². The first kappa shape index (κ1) is 16.3. The Morgan fingerprint density at radius 3 is 2.62 bits per heavy atom. The number of pyridine rings is 1. The Bertz CT molecular complexity index is 1180. The molecule has 7 heteroatoms. The van der Waals surface area contributed by atoms with Gasteiger partial charge < -0.3 is 10.5 Å². The lowest BCUT2D eigenvalue weighted by Crippen LogP contribution is -2.05. The van der Waals surface area contributed by atoms with Gasteiger partial charge in [-0.3, -0.25) is 4.57 Å². The van der Waals surface area contributed by atoms with E-state index in [1.54, 1.807) is 14.0 Å². The highest BCUT2D eigenvalue weighted by atomic mass is 19.1. The lowest BCUT2D eigenvalue weighted by atomic mass is 10.1. The quantitative estimate of drug-likeness (QED) is 0.597. The van der Waals surface area contributed by atoms with Gasteiger partial charge in [-0.1, -0.05) is 6.07 Å². The summed E-state index contributed by atoms with van der Waals surface area (Å²) in [6.07, 6.45) is 1.40. The summed E-state index contributed by atoms with van der Waals surface area (Å²) in [7, 11) is 1.63. The van der Waals surface area contributed by atoms with E-state index in [-0.39, 0.29) is 5.82 Å². The highest BCUT2D eigenvalue weighted by Crippen LogP contribution is 2.37. The predicted octanol–water partition coefficient (Wildman–Crippen LogP) is 3.62. The molecule has 0 bridgehead atoms. The minimum Gasteiger partial charge on any atom is -0.496 e. The molecule has 0 spiro atoms. The molecule has 0 aliphatic rings. The number of aromatic nitrogens is 4. The number of hydrogen-bond donors (Lipinski definition) is 1. The lowest BCUT2D eigenvalue weighted by molar-refractivity contribution is 0.411. The van der Waals surface area contributed by atoms with Gasteiger partial charge in [0.15, 0.2) is 5.65 Å². The molecule has 3 aromatic heterocycles. The second-order valence-corrected chi connectivity index (χ2v) is 6.28. The lowest BCUT2D eigenvalue weighted by Gasteiger charge is -2.16. The van der Waals surface area contributed by atoms with Crippen LogP contribution in [0.25, 0.3) is 27.8 Å². The average molecular weight is 351 g/mol. The number of nitrogens with zero attached hydrogens (tertiary/aromatic N) is 4. The maximum absolute atomic E-state index is 14.2. The van der Waals surface area contributed by atoms with Gasteiger partial charge in [0.2, 0.25) is 0 Å². The number of halogens is 1. The van der Waals surface area contributed by atoms with E-state index in [0.29, 0.717) is 33.6 Å². The van der Waals surface area contributed by atoms with Crippen LogP contribution in [0.2, 0.25) is 0 Å². The Morgan fingerprint density at radius 1 is 1.12 bits per heavy atom. The molecule has 0 amide bonds. The highest BCUT2D eigenvalue weighted by molar-refractivity contribution is 6.11. The third-order valence-electron chi connectivity index (χ3n) is 4.71. The summed E-state index contributed by atoms with van der Waals surface area (Å²) in [5.41, 5.74) is 10.4. The van der Waals surface area contributed by atoms with Crippen molar-refractivity contribution in [2.75, 3.05) is 12.8 Å². The fraction of sp³-hybridized carbons (Fsp3) is 0.211. The van der Waals surface area contributed by atoms with Crippen molar-refractivity contribution in [1.29, 1.82) is 0 Å². The number of aryl methyl sites for hydroxylation is 2. The molecule has 0 aliphatic carbocycles. The van der Waals surface area contributed by atoms with Crippen LogP contribution in [0.1, 0.15) is 16.8 Å². The van der Waals surface area contributed by atoms with E-state index in [1.807, 2.05) is 30.5 Å². The Kier molecular flexibility index (Phi) is 3.54. The molecular formula is C19H18FN5O. The number of benzene rings is 1. The summed E-state index contributed by atoms with van der Waals surface area (Å²) in [5.74, 6) is 0.655. The van der Waals surface area contributed by atoms with E-state index >= 15 is 0 Å². The Morgan fingerprint density at radius 2 is 1.88 bits per heavy atom. The molecule has 0 saturated heterocycles. The molecule has 4 aromatic rings. The van der Waals surface area contributed by atoms with Crippen molar-refractivity contribution in [3.63, 3.8) is 0 Å². The van der Waals surface area contributed by atoms with Gasteiger partial charge in [0.25, 0.3) is 0 Å². The van der Waals surface area contributed by atoms with Gasteiger partial charge in [-0.15, -0.1) is 0 Å². The van der Waals surface area contributed by atoms with Gasteiger partial charge in [0, 0.05) is 10.9 Å². The molecule has 0 aliphatic heterocycles. The van der Waals surface area contributed by atoms with E-state index in [0.717, 1.165) is 22.6 Å². The first-order valence-electron chi connectivity index (χ1n) is 8.16.